The van der Waals surface area contributed by atoms with Crippen LogP contribution < -0.4 is 4.48 Å². The molecule has 3 rings (SSSR count). The van der Waals surface area contributed by atoms with Crippen LogP contribution in [0, 0.1) is 20.2 Å². The number of nitro groups is 2. The molecule has 0 saturated heterocycles. The number of hydrogen-bond acceptors (Lipinski definition) is 7. The molecule has 0 fully saturated rings. The first-order valence-corrected chi connectivity index (χ1v) is 8.50. The van der Waals surface area contributed by atoms with Crippen molar-refractivity contribution in [3.05, 3.63) is 68.8 Å². The van der Waals surface area contributed by atoms with Gasteiger partial charge in [-0.1, -0.05) is 6.07 Å². The zero-order chi connectivity index (χ0) is 21.3. The molecule has 0 spiro atoms. The Morgan fingerprint density at radius 2 is 1.52 bits per heavy atom. The number of aromatic hydroxyl groups is 1. The summed E-state index contributed by atoms with van der Waals surface area (Å²) in [5, 5.41) is 41.9. The molecule has 148 valence electrons. The zero-order valence-corrected chi connectivity index (χ0v) is 15.9. The first-order valence-electron chi connectivity index (χ1n) is 8.50. The van der Waals surface area contributed by atoms with E-state index < -0.39 is 21.2 Å². The third-order valence-corrected chi connectivity index (χ3v) is 4.35. The normalized spacial score (nSPS) is 11.8. The molecule has 0 bridgehead atoms. The van der Waals surface area contributed by atoms with Crippen LogP contribution in [0.15, 0.2) is 58.8 Å². The molecule has 0 unspecified atom stereocenters. The minimum Gasteiger partial charge on any atom is -0.506 e. The van der Waals surface area contributed by atoms with E-state index in [-0.39, 0.29) is 17.1 Å². The molecule has 3 aromatic rings. The summed E-state index contributed by atoms with van der Waals surface area (Å²) in [6.07, 6.45) is 0. The first kappa shape index (κ1) is 19.8. The Hall–Kier alpha value is -3.92. The summed E-state index contributed by atoms with van der Waals surface area (Å²) in [6, 6.07) is 12.2. The van der Waals surface area contributed by atoms with Gasteiger partial charge < -0.3 is 5.11 Å². The molecule has 0 saturated carbocycles. The number of hydrogen-bond donors (Lipinski definition) is 1. The Morgan fingerprint density at radius 3 is 2.14 bits per heavy atom. The van der Waals surface area contributed by atoms with Crippen molar-refractivity contribution in [1.29, 1.82) is 0 Å². The van der Waals surface area contributed by atoms with Crippen molar-refractivity contribution in [2.75, 3.05) is 21.1 Å². The molecule has 0 aliphatic heterocycles. The van der Waals surface area contributed by atoms with Gasteiger partial charge in [0, 0.05) is 17.5 Å². The summed E-state index contributed by atoms with van der Waals surface area (Å²) in [5.74, 6) is -0.101. The van der Waals surface area contributed by atoms with Crippen molar-refractivity contribution < 1.29 is 15.0 Å². The SMILES string of the molecule is C[N+](C)(C)c1ccc2ccc(O)c(N=Nc3ccc([N+](=O)[O-])c([N+](=O)[O-])c3)c2c1. The molecule has 3 aromatic carbocycles. The predicted octanol–water partition coefficient (Wildman–Crippen LogP) is 4.97. The van der Waals surface area contributed by atoms with Crippen molar-refractivity contribution in [1.82, 2.24) is 4.48 Å². The Kier molecular flexibility index (Phi) is 4.95. The molecule has 10 nitrogen and oxygen atoms in total. The molecule has 0 heterocycles. The predicted molar refractivity (Wildman–Crippen MR) is 109 cm³/mol. The largest absolute Gasteiger partial charge is 0.506 e. The highest BCUT2D eigenvalue weighted by molar-refractivity contribution is 5.97. The molecular formula is C19H18N5O5+. The van der Waals surface area contributed by atoms with Gasteiger partial charge in [-0.2, -0.15) is 5.11 Å². The molecule has 0 atom stereocenters. The minimum atomic E-state index is -0.847. The van der Waals surface area contributed by atoms with Gasteiger partial charge in [0.15, 0.2) is 0 Å². The standard InChI is InChI=1S/C19H17N5O5/c1-24(2,3)14-7-4-12-5-9-18(25)19(15(12)11-14)21-20-13-6-8-16(22(26)27)17(10-13)23(28)29/h4-11H,1-3H3/p+1. The summed E-state index contributed by atoms with van der Waals surface area (Å²) in [7, 11) is 6.00. The summed E-state index contributed by atoms with van der Waals surface area (Å²) in [6.45, 7) is 0. The number of fused-ring (bicyclic) bond motifs is 1. The van der Waals surface area contributed by atoms with E-state index in [1.165, 1.54) is 12.1 Å². The topological polar surface area (TPSA) is 131 Å². The van der Waals surface area contributed by atoms with Crippen molar-refractivity contribution in [3.63, 3.8) is 0 Å². The number of quaternary nitrogens is 1. The van der Waals surface area contributed by atoms with Crippen LogP contribution in [0.1, 0.15) is 0 Å². The Bertz CT molecular complexity index is 1170. The average molecular weight is 396 g/mol. The van der Waals surface area contributed by atoms with Crippen LogP contribution in [0.2, 0.25) is 0 Å². The number of azo groups is 1. The molecular weight excluding hydrogens is 378 g/mol. The second kappa shape index (κ2) is 7.24. The van der Waals surface area contributed by atoms with Crippen LogP contribution in [-0.4, -0.2) is 36.1 Å². The van der Waals surface area contributed by atoms with Crippen LogP contribution in [0.5, 0.6) is 5.75 Å². The van der Waals surface area contributed by atoms with E-state index in [4.69, 9.17) is 0 Å². The van der Waals surface area contributed by atoms with Crippen molar-refractivity contribution in [3.8, 4) is 5.75 Å². The highest BCUT2D eigenvalue weighted by Crippen LogP contribution is 2.39. The minimum absolute atomic E-state index is 0.0569. The summed E-state index contributed by atoms with van der Waals surface area (Å²) < 4.78 is 0.552. The zero-order valence-electron chi connectivity index (χ0n) is 15.9. The molecule has 0 aliphatic carbocycles. The fourth-order valence-corrected chi connectivity index (χ4v) is 2.79. The highest BCUT2D eigenvalue weighted by Gasteiger charge is 2.24. The lowest BCUT2D eigenvalue weighted by molar-refractivity contribution is -0.422. The van der Waals surface area contributed by atoms with Gasteiger partial charge in [0.05, 0.1) is 42.7 Å². The molecule has 29 heavy (non-hydrogen) atoms. The lowest BCUT2D eigenvalue weighted by Crippen LogP contribution is -2.34. The number of phenols is 1. The van der Waals surface area contributed by atoms with Gasteiger partial charge in [-0.15, -0.1) is 5.11 Å². The second-order valence-electron chi connectivity index (χ2n) is 7.24. The van der Waals surface area contributed by atoms with E-state index in [1.807, 2.05) is 39.3 Å². The van der Waals surface area contributed by atoms with Gasteiger partial charge in [0.2, 0.25) is 0 Å². The number of nitro benzene ring substituents is 2. The molecule has 10 heteroatoms. The van der Waals surface area contributed by atoms with E-state index in [0.717, 1.165) is 23.2 Å². The fourth-order valence-electron chi connectivity index (χ4n) is 2.79. The number of rotatable bonds is 5. The number of benzene rings is 3. The van der Waals surface area contributed by atoms with Gasteiger partial charge in [-0.05, 0) is 29.7 Å². The Labute approximate surface area is 165 Å². The van der Waals surface area contributed by atoms with Crippen molar-refractivity contribution >= 4 is 39.2 Å². The Morgan fingerprint density at radius 1 is 0.862 bits per heavy atom. The van der Waals surface area contributed by atoms with Crippen LogP contribution in [0.3, 0.4) is 0 Å². The van der Waals surface area contributed by atoms with Gasteiger partial charge in [0.25, 0.3) is 0 Å². The second-order valence-corrected chi connectivity index (χ2v) is 7.24. The van der Waals surface area contributed by atoms with Gasteiger partial charge in [-0.25, -0.2) is 0 Å². The maximum Gasteiger partial charge on any atom is 0.348 e. The average Bonchev–Trinajstić information content (AvgIpc) is 2.65. The Balaban J connectivity index is 2.11. The smallest absolute Gasteiger partial charge is 0.348 e. The molecule has 0 aromatic heterocycles. The highest BCUT2D eigenvalue weighted by atomic mass is 16.6. The van der Waals surface area contributed by atoms with Crippen LogP contribution in [0.25, 0.3) is 10.8 Å². The molecule has 0 amide bonds. The lowest BCUT2D eigenvalue weighted by atomic mass is 10.1. The molecule has 0 aliphatic rings. The lowest BCUT2D eigenvalue weighted by Gasteiger charge is -2.23. The quantitative estimate of drug-likeness (QED) is 0.281. The van der Waals surface area contributed by atoms with E-state index in [1.54, 1.807) is 6.07 Å². The van der Waals surface area contributed by atoms with Gasteiger partial charge in [0.1, 0.15) is 17.1 Å². The van der Waals surface area contributed by atoms with E-state index >= 15 is 0 Å². The van der Waals surface area contributed by atoms with E-state index in [9.17, 15) is 25.3 Å². The fraction of sp³-hybridized carbons (Fsp3) is 0.158. The van der Waals surface area contributed by atoms with E-state index in [0.29, 0.717) is 9.87 Å². The monoisotopic (exact) mass is 396 g/mol. The van der Waals surface area contributed by atoms with Crippen molar-refractivity contribution in [2.24, 2.45) is 10.2 Å². The van der Waals surface area contributed by atoms with E-state index in [2.05, 4.69) is 10.2 Å². The number of nitrogens with zero attached hydrogens (tertiary/aromatic N) is 5. The maximum atomic E-state index is 11.1. The van der Waals surface area contributed by atoms with Crippen LogP contribution >= 0.6 is 0 Å². The van der Waals surface area contributed by atoms with Crippen molar-refractivity contribution in [2.45, 2.75) is 0 Å². The van der Waals surface area contributed by atoms with Gasteiger partial charge >= 0.3 is 11.4 Å². The third kappa shape index (κ3) is 4.01. The maximum absolute atomic E-state index is 11.1. The van der Waals surface area contributed by atoms with Gasteiger partial charge in [-0.3, -0.25) is 24.7 Å². The summed E-state index contributed by atoms with van der Waals surface area (Å²) in [5.41, 5.74) is -0.0683. The number of phenolic OH excluding ortho intramolecular Hbond substituents is 1. The van der Waals surface area contributed by atoms with Crippen LogP contribution in [0.4, 0.5) is 28.4 Å². The summed E-state index contributed by atoms with van der Waals surface area (Å²) >= 11 is 0. The summed E-state index contributed by atoms with van der Waals surface area (Å²) in [4.78, 5) is 20.4. The molecule has 0 radical (unpaired) electrons. The third-order valence-electron chi connectivity index (χ3n) is 4.35. The first-order chi connectivity index (χ1) is 13.6. The van der Waals surface area contributed by atoms with Crippen LogP contribution in [-0.2, 0) is 0 Å². The molecule has 1 N–H and O–H groups in total.